The second-order valence-corrected chi connectivity index (χ2v) is 5.54. The van der Waals surface area contributed by atoms with Gasteiger partial charge in [0, 0.05) is 10.6 Å². The second-order valence-electron chi connectivity index (χ2n) is 5.14. The minimum atomic E-state index is -0.0134. The highest BCUT2D eigenvalue weighted by atomic mass is 35.5. The van der Waals surface area contributed by atoms with E-state index in [1.807, 2.05) is 45.0 Å². The molecular weight excluding hydrogens is 284 g/mol. The Labute approximate surface area is 130 Å². The molecule has 0 aromatic heterocycles. The lowest BCUT2D eigenvalue weighted by Gasteiger charge is -2.10. The quantitative estimate of drug-likeness (QED) is 0.743. The van der Waals surface area contributed by atoms with E-state index in [2.05, 4.69) is 0 Å². The van der Waals surface area contributed by atoms with E-state index in [-0.39, 0.29) is 12.4 Å². The molecule has 0 aliphatic rings. The van der Waals surface area contributed by atoms with Gasteiger partial charge in [0.1, 0.15) is 5.75 Å². The predicted octanol–water partition coefficient (Wildman–Crippen LogP) is 4.78. The van der Waals surface area contributed by atoms with Crippen LogP contribution < -0.4 is 4.74 Å². The average molecular weight is 303 g/mol. The molecule has 0 aliphatic carbocycles. The lowest BCUT2D eigenvalue weighted by Crippen LogP contribution is -2.13. The average Bonchev–Trinajstić information content (AvgIpc) is 2.46. The first-order chi connectivity index (χ1) is 10.0. The molecule has 0 spiro atoms. The van der Waals surface area contributed by atoms with Gasteiger partial charge in [-0.1, -0.05) is 42.3 Å². The molecule has 0 saturated heterocycles. The van der Waals surface area contributed by atoms with Crippen LogP contribution in [0.5, 0.6) is 5.75 Å². The number of rotatable bonds is 5. The molecule has 0 aliphatic heterocycles. The summed E-state index contributed by atoms with van der Waals surface area (Å²) in [4.78, 5) is 12.2. The van der Waals surface area contributed by atoms with Crippen LogP contribution in [-0.4, -0.2) is 12.4 Å². The molecule has 2 aromatic rings. The number of benzene rings is 2. The largest absolute Gasteiger partial charge is 0.485 e. The van der Waals surface area contributed by atoms with Crippen LogP contribution in [-0.2, 0) is 6.42 Å². The predicted molar refractivity (Wildman–Crippen MR) is 86.6 cm³/mol. The molecule has 0 heterocycles. The van der Waals surface area contributed by atoms with Crippen LogP contribution in [0, 0.1) is 13.8 Å². The number of ether oxygens (including phenoxy) is 1. The first-order valence-corrected chi connectivity index (χ1v) is 7.40. The summed E-state index contributed by atoms with van der Waals surface area (Å²) in [6, 6.07) is 11.3. The normalized spacial score (nSPS) is 10.5. The molecule has 0 saturated carbocycles. The minimum Gasteiger partial charge on any atom is -0.485 e. The number of aryl methyl sites for hydroxylation is 3. The molecule has 2 aromatic carbocycles. The summed E-state index contributed by atoms with van der Waals surface area (Å²) in [7, 11) is 0. The van der Waals surface area contributed by atoms with E-state index in [1.165, 1.54) is 0 Å². The molecule has 0 atom stereocenters. The fraction of sp³-hybridized carbons (Fsp3) is 0.278. The van der Waals surface area contributed by atoms with Gasteiger partial charge in [-0.05, 0) is 49.6 Å². The maximum Gasteiger partial charge on any atom is 0.200 e. The maximum atomic E-state index is 12.2. The van der Waals surface area contributed by atoms with Crippen LogP contribution in [0.1, 0.15) is 34.0 Å². The van der Waals surface area contributed by atoms with E-state index in [1.54, 1.807) is 12.1 Å². The monoisotopic (exact) mass is 302 g/mol. The number of halogens is 1. The summed E-state index contributed by atoms with van der Waals surface area (Å²) in [6.07, 6.45) is 0.834. The third kappa shape index (κ3) is 3.85. The van der Waals surface area contributed by atoms with Crippen molar-refractivity contribution in [3.63, 3.8) is 0 Å². The van der Waals surface area contributed by atoms with E-state index < -0.39 is 0 Å². The summed E-state index contributed by atoms with van der Waals surface area (Å²) in [5, 5.41) is 0.727. The Kier molecular flexibility index (Phi) is 5.03. The summed E-state index contributed by atoms with van der Waals surface area (Å²) < 4.78 is 5.60. The van der Waals surface area contributed by atoms with Gasteiger partial charge in [-0.15, -0.1) is 0 Å². The molecule has 0 amide bonds. The topological polar surface area (TPSA) is 26.3 Å². The van der Waals surface area contributed by atoms with Gasteiger partial charge in [-0.2, -0.15) is 0 Å². The molecule has 110 valence electrons. The molecule has 3 heteroatoms. The van der Waals surface area contributed by atoms with E-state index in [9.17, 15) is 4.79 Å². The highest BCUT2D eigenvalue weighted by molar-refractivity contribution is 6.31. The SMILES string of the molecule is CCc1cc(OCC(=O)c2ccc(C)cc2C)ccc1Cl. The number of ketones is 1. The van der Waals surface area contributed by atoms with Crippen LogP contribution >= 0.6 is 11.6 Å². The van der Waals surface area contributed by atoms with E-state index >= 15 is 0 Å². The first kappa shape index (κ1) is 15.6. The van der Waals surface area contributed by atoms with Gasteiger partial charge in [-0.3, -0.25) is 4.79 Å². The Hall–Kier alpha value is -1.80. The van der Waals surface area contributed by atoms with Crippen molar-refractivity contribution < 1.29 is 9.53 Å². The molecular formula is C18H19ClO2. The van der Waals surface area contributed by atoms with Gasteiger partial charge in [-0.25, -0.2) is 0 Å². The van der Waals surface area contributed by atoms with Gasteiger partial charge < -0.3 is 4.74 Å². The molecule has 0 unspecified atom stereocenters. The Morgan fingerprint density at radius 2 is 1.90 bits per heavy atom. The van der Waals surface area contributed by atoms with Gasteiger partial charge >= 0.3 is 0 Å². The summed E-state index contributed by atoms with van der Waals surface area (Å²) >= 11 is 6.07. The van der Waals surface area contributed by atoms with Crippen LogP contribution in [0.15, 0.2) is 36.4 Å². The number of carbonyl (C=O) groups is 1. The van der Waals surface area contributed by atoms with Crippen molar-refractivity contribution in [2.75, 3.05) is 6.61 Å². The highest BCUT2D eigenvalue weighted by Gasteiger charge is 2.10. The number of Topliss-reactive ketones (excluding diaryl/α,β-unsaturated/α-hetero) is 1. The zero-order valence-corrected chi connectivity index (χ0v) is 13.3. The van der Waals surface area contributed by atoms with Crippen molar-refractivity contribution in [2.24, 2.45) is 0 Å². The van der Waals surface area contributed by atoms with Gasteiger partial charge in [0.25, 0.3) is 0 Å². The van der Waals surface area contributed by atoms with Crippen LogP contribution in [0.4, 0.5) is 0 Å². The van der Waals surface area contributed by atoms with E-state index in [0.29, 0.717) is 11.3 Å². The zero-order chi connectivity index (χ0) is 15.4. The Balaban J connectivity index is 2.07. The summed E-state index contributed by atoms with van der Waals surface area (Å²) in [5.74, 6) is 0.662. The van der Waals surface area contributed by atoms with Gasteiger partial charge in [0.2, 0.25) is 0 Å². The lowest BCUT2D eigenvalue weighted by atomic mass is 10.0. The fourth-order valence-corrected chi connectivity index (χ4v) is 2.52. The second kappa shape index (κ2) is 6.77. The highest BCUT2D eigenvalue weighted by Crippen LogP contribution is 2.22. The molecule has 2 rings (SSSR count). The minimum absolute atomic E-state index is 0.0134. The van der Waals surface area contributed by atoms with E-state index in [4.69, 9.17) is 16.3 Å². The Morgan fingerprint density at radius 1 is 1.14 bits per heavy atom. The Morgan fingerprint density at radius 3 is 2.57 bits per heavy atom. The fourth-order valence-electron chi connectivity index (χ4n) is 2.26. The number of hydrogen-bond acceptors (Lipinski definition) is 2. The molecule has 0 radical (unpaired) electrons. The molecule has 21 heavy (non-hydrogen) atoms. The molecule has 0 N–H and O–H groups in total. The van der Waals surface area contributed by atoms with Crippen LogP contribution in [0.2, 0.25) is 5.02 Å². The van der Waals surface area contributed by atoms with Crippen molar-refractivity contribution in [3.8, 4) is 5.75 Å². The van der Waals surface area contributed by atoms with Crippen molar-refractivity contribution in [1.82, 2.24) is 0 Å². The standard InChI is InChI=1S/C18H19ClO2/c1-4-14-10-15(6-8-17(14)19)21-11-18(20)16-7-5-12(2)9-13(16)3/h5-10H,4,11H2,1-3H3. The summed E-state index contributed by atoms with van der Waals surface area (Å²) in [5.41, 5.74) is 3.86. The Bertz CT molecular complexity index is 662. The maximum absolute atomic E-state index is 12.2. The van der Waals surface area contributed by atoms with E-state index in [0.717, 1.165) is 28.1 Å². The zero-order valence-electron chi connectivity index (χ0n) is 12.6. The van der Waals surface area contributed by atoms with Crippen LogP contribution in [0.3, 0.4) is 0 Å². The summed E-state index contributed by atoms with van der Waals surface area (Å²) in [6.45, 7) is 6.02. The van der Waals surface area contributed by atoms with Crippen molar-refractivity contribution in [3.05, 3.63) is 63.7 Å². The smallest absolute Gasteiger partial charge is 0.200 e. The van der Waals surface area contributed by atoms with Gasteiger partial charge in [0.15, 0.2) is 12.4 Å². The number of carbonyl (C=O) groups excluding carboxylic acids is 1. The third-order valence-corrected chi connectivity index (χ3v) is 3.82. The number of hydrogen-bond donors (Lipinski definition) is 0. The van der Waals surface area contributed by atoms with Crippen molar-refractivity contribution >= 4 is 17.4 Å². The third-order valence-electron chi connectivity index (χ3n) is 3.45. The van der Waals surface area contributed by atoms with Crippen molar-refractivity contribution in [1.29, 1.82) is 0 Å². The lowest BCUT2D eigenvalue weighted by molar-refractivity contribution is 0.0921. The molecule has 0 fully saturated rings. The first-order valence-electron chi connectivity index (χ1n) is 7.03. The molecule has 0 bridgehead atoms. The van der Waals surface area contributed by atoms with Gasteiger partial charge in [0.05, 0.1) is 0 Å². The molecule has 2 nitrogen and oxygen atoms in total. The van der Waals surface area contributed by atoms with Crippen molar-refractivity contribution in [2.45, 2.75) is 27.2 Å². The van der Waals surface area contributed by atoms with Crippen LogP contribution in [0.25, 0.3) is 0 Å².